The van der Waals surface area contributed by atoms with Crippen LogP contribution in [0.25, 0.3) is 99.5 Å². The molecule has 0 radical (unpaired) electrons. The molecule has 5 heteroatoms. The van der Waals surface area contributed by atoms with Crippen LogP contribution in [0.15, 0.2) is 267 Å². The van der Waals surface area contributed by atoms with E-state index in [1.54, 1.807) is 0 Å². The van der Waals surface area contributed by atoms with Crippen LogP contribution < -0.4 is 26.2 Å². The van der Waals surface area contributed by atoms with Crippen molar-refractivity contribution in [3.05, 3.63) is 306 Å². The lowest BCUT2D eigenvalue weighted by molar-refractivity contribution is 0.410. The number of benzene rings is 13. The minimum atomic E-state index is -2.24. The molecule has 0 N–H and O–H groups in total. The zero-order chi connectivity index (χ0) is 95.6. The van der Waals surface area contributed by atoms with Gasteiger partial charge in [-0.3, -0.25) is 0 Å². The summed E-state index contributed by atoms with van der Waals surface area (Å²) < 4.78 is 151. The van der Waals surface area contributed by atoms with E-state index >= 15 is 0 Å². The predicted octanol–water partition coefficient (Wildman–Crippen LogP) is 29.8. The Morgan fingerprint density at radius 3 is 0.746 bits per heavy atom. The van der Waals surface area contributed by atoms with Crippen molar-refractivity contribution in [2.24, 2.45) is 37.9 Å². The number of hydrogen-bond donors (Lipinski definition) is 0. The zero-order valence-electron chi connectivity index (χ0n) is 86.8. The van der Waals surface area contributed by atoms with Gasteiger partial charge in [-0.15, -0.1) is 0 Å². The van der Waals surface area contributed by atoms with Gasteiger partial charge in [-0.25, -0.2) is 0 Å². The van der Waals surface area contributed by atoms with E-state index < -0.39 is 89.2 Å². The zero-order valence-corrected chi connectivity index (χ0v) is 72.8. The smallest absolute Gasteiger partial charge is 0.252 e. The van der Waals surface area contributed by atoms with Crippen molar-refractivity contribution in [3.63, 3.8) is 0 Å². The average molecular weight is 1560 g/mol. The van der Waals surface area contributed by atoms with E-state index in [0.717, 1.165) is 65.9 Å². The van der Waals surface area contributed by atoms with E-state index in [1.807, 2.05) is 279 Å². The lowest BCUT2D eigenvalue weighted by atomic mass is 9.33. The Balaban J connectivity index is 1.15. The van der Waals surface area contributed by atoms with Crippen molar-refractivity contribution in [2.45, 2.75) is 190 Å². The van der Waals surface area contributed by atoms with Crippen molar-refractivity contribution in [1.29, 1.82) is 0 Å². The molecule has 2 aliphatic rings. The molecule has 0 fully saturated rings. The van der Waals surface area contributed by atoms with E-state index in [9.17, 15) is 19.2 Å². The highest BCUT2D eigenvalue weighted by Crippen LogP contribution is 2.56. The number of nitrogens with zero attached hydrogens (tertiary/aromatic N) is 4. The molecule has 0 bridgehead atoms. The molecule has 0 unspecified atom stereocenters. The number of fused-ring (bicyclic) bond motifs is 10. The third-order valence-corrected chi connectivity index (χ3v) is 21.7. The second kappa shape index (κ2) is 29.6. The van der Waals surface area contributed by atoms with Crippen molar-refractivity contribution < 1.29 is 19.2 Å². The summed E-state index contributed by atoms with van der Waals surface area (Å²) >= 11 is 0. The van der Waals surface area contributed by atoms with Crippen molar-refractivity contribution in [1.82, 2.24) is 9.13 Å². The number of aromatic nitrogens is 2. The summed E-state index contributed by atoms with van der Waals surface area (Å²) in [6.45, 7) is 38.9. The van der Waals surface area contributed by atoms with Crippen LogP contribution in [0, 0.1) is 37.9 Å². The summed E-state index contributed by atoms with van der Waals surface area (Å²) in [5.41, 5.74) is 10.6. The van der Waals surface area contributed by atoms with Crippen molar-refractivity contribution in [2.75, 3.05) is 9.80 Å². The summed E-state index contributed by atoms with van der Waals surface area (Å²) in [7, 11) is 0. The number of hydrogen-bond acceptors (Lipinski definition) is 2. The highest BCUT2D eigenvalue weighted by Gasteiger charge is 2.47. The molecule has 13 aromatic carbocycles. The fourth-order valence-corrected chi connectivity index (χ4v) is 18.1. The Morgan fingerprint density at radius 2 is 0.483 bits per heavy atom. The van der Waals surface area contributed by atoms with Gasteiger partial charge in [-0.2, -0.15) is 0 Å². The molecule has 4 nitrogen and oxygen atoms in total. The van der Waals surface area contributed by atoms with Crippen molar-refractivity contribution in [3.8, 4) is 55.9 Å². The van der Waals surface area contributed by atoms with Gasteiger partial charge >= 0.3 is 0 Å². The summed E-state index contributed by atoms with van der Waals surface area (Å²) in [5, 5.41) is 4.13. The Kier molecular flexibility index (Phi) is 16.1. The van der Waals surface area contributed by atoms with Gasteiger partial charge in [0.2, 0.25) is 0 Å². The molecule has 2 aromatic heterocycles. The molecule has 0 amide bonds. The molecular formula is C113H121BN4. The molecule has 0 saturated heterocycles. The standard InChI is InChI=1S/C113H121BN4/c1-107(2,3)66-73-34-30-38-80(54-73)90-58-77(70-111(13,14)15)59-91(81-39-31-35-74(55-81)67-108(4,5)6)105(90)117-100-64-84(115-96-46-26-22-42-86(96)87-43-23-27-47-97(87)115)50-52-94(100)114-95-53-51-85(116-98-48-28-24-44-88(98)89-45-25-29-49-99(89)116)65-101(95)118(103-63-79(72-113(19,20)21)62-102(117)104(103)114)106-92(82-40-32-36-75(56-82)68-109(7,8)9)60-78(71-112(16,17)18)61-93(106)83-41-33-37-76(57-83)69-110(10,11)12/h22-65H,66-72H2,1-21H3/i66D2,67D2,68D2,69D2,70D2,71D2,72D2. The summed E-state index contributed by atoms with van der Waals surface area (Å²) in [6.07, 6.45) is -14.3. The van der Waals surface area contributed by atoms with Gasteiger partial charge in [0.1, 0.15) is 0 Å². The third-order valence-electron chi connectivity index (χ3n) is 21.7. The lowest BCUT2D eigenvalue weighted by Crippen LogP contribution is -2.61. The highest BCUT2D eigenvalue weighted by atomic mass is 15.2. The maximum absolute atomic E-state index is 11.2. The van der Waals surface area contributed by atoms with Gasteiger partial charge < -0.3 is 18.9 Å². The fourth-order valence-electron chi connectivity index (χ4n) is 18.1. The highest BCUT2D eigenvalue weighted by molar-refractivity contribution is 7.00. The van der Waals surface area contributed by atoms with Gasteiger partial charge in [-0.05, 0) is 245 Å². The minimum Gasteiger partial charge on any atom is -0.310 e. The Hall–Kier alpha value is -10.9. The van der Waals surface area contributed by atoms with E-state index in [-0.39, 0.29) is 5.56 Å². The SMILES string of the molecule is [2H]C([2H])(c1cccc(-c2cc(C([2H])([2H])C(C)(C)C)cc(-c3cccc(C([2H])([2H])C(C)(C)C)c3)c2N2c3cc(-n4c5ccccc5c5ccccc54)ccc3B3c4ccc(-n5c6ccccc6c6ccccc65)cc4N(c4c(-c5cccc(C([2H])([2H])C(C)(C)C)c5)cc(C([2H])([2H])C(C)(C)C)cc4-c4cccc(C([2H])([2H])C(C)(C)C)c4)c4cc(C([2H])([2H])C(C)(C)C)cc2c43)c1)C(C)(C)C. The number of para-hydroxylation sites is 4. The van der Waals surface area contributed by atoms with Crippen LogP contribution in [0.2, 0.25) is 0 Å². The molecule has 596 valence electrons. The Bertz CT molecular complexity index is 6460. The minimum absolute atomic E-state index is 0.274. The predicted molar refractivity (Wildman–Crippen MR) is 513 cm³/mol. The first-order chi connectivity index (χ1) is 61.2. The van der Waals surface area contributed by atoms with Crippen LogP contribution in [-0.2, 0) is 44.6 Å². The van der Waals surface area contributed by atoms with Gasteiger partial charge in [0.05, 0.1) is 33.4 Å². The Morgan fingerprint density at radius 1 is 0.237 bits per heavy atom. The maximum atomic E-state index is 11.2. The molecule has 17 rings (SSSR count). The quantitative estimate of drug-likeness (QED) is 0.0951. The largest absolute Gasteiger partial charge is 0.310 e. The van der Waals surface area contributed by atoms with E-state index in [1.165, 1.54) is 0 Å². The normalized spacial score (nSPS) is 16.1. The van der Waals surface area contributed by atoms with Gasteiger partial charge in [0, 0.05) is 97.1 Å². The van der Waals surface area contributed by atoms with Gasteiger partial charge in [0.15, 0.2) is 0 Å². The van der Waals surface area contributed by atoms with Gasteiger partial charge in [0.25, 0.3) is 6.71 Å². The molecule has 0 saturated carbocycles. The summed E-state index contributed by atoms with van der Waals surface area (Å²) in [4.78, 5) is 4.52. The van der Waals surface area contributed by atoms with E-state index in [2.05, 4.69) is 152 Å². The number of rotatable bonds is 15. The molecule has 0 atom stereocenters. The maximum Gasteiger partial charge on any atom is 0.252 e. The van der Waals surface area contributed by atoms with Crippen molar-refractivity contribution >= 4 is 101 Å². The van der Waals surface area contributed by atoms with Crippen LogP contribution in [0.3, 0.4) is 0 Å². The third kappa shape index (κ3) is 16.1. The molecule has 4 heterocycles. The molecule has 0 aliphatic carbocycles. The summed E-state index contributed by atoms with van der Waals surface area (Å²) in [6, 6.07) is 88.9. The second-order valence-electron chi connectivity index (χ2n) is 40.0. The lowest BCUT2D eigenvalue weighted by Gasteiger charge is -2.46. The van der Waals surface area contributed by atoms with Crippen LogP contribution in [-0.4, -0.2) is 15.8 Å². The molecule has 118 heavy (non-hydrogen) atoms. The average Bonchev–Trinajstić information content (AvgIpc) is 0.792. The first kappa shape index (κ1) is 64.2. The molecule has 2 aliphatic heterocycles. The van der Waals surface area contributed by atoms with E-state index in [0.29, 0.717) is 117 Å². The Labute approximate surface area is 724 Å². The monoisotopic (exact) mass is 1560 g/mol. The number of anilines is 6. The molecule has 0 spiro atoms. The topological polar surface area (TPSA) is 16.3 Å². The van der Waals surface area contributed by atoms with Crippen LogP contribution in [0.4, 0.5) is 34.1 Å². The second-order valence-corrected chi connectivity index (χ2v) is 40.0. The van der Waals surface area contributed by atoms with Crippen LogP contribution in [0.1, 0.15) is 204 Å². The fraction of sp³-hybridized carbons (Fsp3) is 0.310. The molecule has 15 aromatic rings. The van der Waals surface area contributed by atoms with E-state index in [4.69, 9.17) is 0 Å². The summed E-state index contributed by atoms with van der Waals surface area (Å²) in [5.74, 6) is 0. The van der Waals surface area contributed by atoms with Crippen LogP contribution >= 0.6 is 0 Å². The first-order valence-corrected chi connectivity index (χ1v) is 42.1. The molecular weight excluding hydrogens is 1420 g/mol. The van der Waals surface area contributed by atoms with Gasteiger partial charge in [-0.1, -0.05) is 327 Å². The van der Waals surface area contributed by atoms with Crippen LogP contribution in [0.5, 0.6) is 0 Å². The first-order valence-electron chi connectivity index (χ1n) is 49.1.